The molecule has 0 fully saturated rings. The Labute approximate surface area is 135 Å². The highest BCUT2D eigenvalue weighted by atomic mass is 32.2. The standard InChI is InChI=1S/C18H16O4S/c1-2-21-15-10-12-16(13-11-15)23(19,20)22-18-9-5-7-14-6-3-4-8-17(14)18/h3-13H,2H2,1H3. The van der Waals surface area contributed by atoms with Crippen LogP contribution in [-0.2, 0) is 10.1 Å². The Morgan fingerprint density at radius 3 is 2.30 bits per heavy atom. The van der Waals surface area contributed by atoms with E-state index in [0.717, 1.165) is 10.8 Å². The van der Waals surface area contributed by atoms with Gasteiger partial charge in [0.2, 0.25) is 0 Å². The lowest BCUT2D eigenvalue weighted by atomic mass is 10.1. The summed E-state index contributed by atoms with van der Waals surface area (Å²) in [4.78, 5) is 0.0916. The molecule has 0 N–H and O–H groups in total. The number of fused-ring (bicyclic) bond motifs is 1. The van der Waals surface area contributed by atoms with Gasteiger partial charge in [-0.15, -0.1) is 0 Å². The van der Waals surface area contributed by atoms with Crippen LogP contribution in [0.4, 0.5) is 0 Å². The van der Waals surface area contributed by atoms with Gasteiger partial charge in [-0.1, -0.05) is 36.4 Å². The topological polar surface area (TPSA) is 52.6 Å². The Kier molecular flexibility index (Phi) is 4.21. The Morgan fingerprint density at radius 1 is 0.870 bits per heavy atom. The summed E-state index contributed by atoms with van der Waals surface area (Å²) in [5, 5.41) is 1.68. The normalized spacial score (nSPS) is 11.3. The lowest BCUT2D eigenvalue weighted by Gasteiger charge is -2.10. The Bertz CT molecular complexity index is 910. The van der Waals surface area contributed by atoms with E-state index in [-0.39, 0.29) is 4.90 Å². The summed E-state index contributed by atoms with van der Waals surface area (Å²) in [5.41, 5.74) is 0. The first-order valence-corrected chi connectivity index (χ1v) is 8.66. The molecule has 3 aromatic rings. The van der Waals surface area contributed by atoms with E-state index in [9.17, 15) is 8.42 Å². The SMILES string of the molecule is CCOc1ccc(S(=O)(=O)Oc2cccc3ccccc23)cc1. The fourth-order valence-corrected chi connectivity index (χ4v) is 3.25. The van der Waals surface area contributed by atoms with Gasteiger partial charge in [-0.25, -0.2) is 0 Å². The van der Waals surface area contributed by atoms with Gasteiger partial charge in [0.15, 0.2) is 5.75 Å². The zero-order chi connectivity index (χ0) is 16.3. The minimum absolute atomic E-state index is 0.0916. The van der Waals surface area contributed by atoms with E-state index in [2.05, 4.69) is 0 Å². The number of rotatable bonds is 5. The van der Waals surface area contributed by atoms with E-state index in [1.54, 1.807) is 24.3 Å². The second kappa shape index (κ2) is 6.30. The van der Waals surface area contributed by atoms with Gasteiger partial charge in [0, 0.05) is 5.39 Å². The van der Waals surface area contributed by atoms with E-state index in [1.807, 2.05) is 37.3 Å². The Hall–Kier alpha value is -2.53. The highest BCUT2D eigenvalue weighted by Crippen LogP contribution is 2.28. The quantitative estimate of drug-likeness (QED) is 0.664. The molecule has 0 heterocycles. The summed E-state index contributed by atoms with van der Waals surface area (Å²) >= 11 is 0. The fraction of sp³-hybridized carbons (Fsp3) is 0.111. The Balaban J connectivity index is 1.93. The smallest absolute Gasteiger partial charge is 0.339 e. The first-order chi connectivity index (χ1) is 11.1. The highest BCUT2D eigenvalue weighted by molar-refractivity contribution is 7.87. The molecule has 0 aromatic heterocycles. The molecule has 0 atom stereocenters. The van der Waals surface area contributed by atoms with Crippen molar-refractivity contribution in [2.75, 3.05) is 6.61 Å². The largest absolute Gasteiger partial charge is 0.494 e. The molecule has 0 unspecified atom stereocenters. The van der Waals surface area contributed by atoms with Crippen LogP contribution in [0.25, 0.3) is 10.8 Å². The van der Waals surface area contributed by atoms with Crippen molar-refractivity contribution < 1.29 is 17.3 Å². The molecule has 23 heavy (non-hydrogen) atoms. The van der Waals surface area contributed by atoms with E-state index >= 15 is 0 Å². The van der Waals surface area contributed by atoms with Crippen LogP contribution in [0.2, 0.25) is 0 Å². The van der Waals surface area contributed by atoms with Gasteiger partial charge in [-0.3, -0.25) is 0 Å². The first kappa shape index (κ1) is 15.4. The van der Waals surface area contributed by atoms with Crippen LogP contribution in [0.1, 0.15) is 6.92 Å². The van der Waals surface area contributed by atoms with Crippen LogP contribution in [0.5, 0.6) is 11.5 Å². The van der Waals surface area contributed by atoms with Crippen LogP contribution in [-0.4, -0.2) is 15.0 Å². The molecule has 3 aromatic carbocycles. The predicted molar refractivity (Wildman–Crippen MR) is 89.4 cm³/mol. The first-order valence-electron chi connectivity index (χ1n) is 7.25. The molecule has 118 valence electrons. The summed E-state index contributed by atoms with van der Waals surface area (Å²) < 4.78 is 35.5. The maximum atomic E-state index is 12.5. The molecule has 0 saturated carbocycles. The summed E-state index contributed by atoms with van der Waals surface area (Å²) in [6, 6.07) is 19.0. The van der Waals surface area contributed by atoms with Crippen molar-refractivity contribution in [2.24, 2.45) is 0 Å². The molecule has 0 spiro atoms. The predicted octanol–water partition coefficient (Wildman–Crippen LogP) is 4.01. The van der Waals surface area contributed by atoms with E-state index < -0.39 is 10.1 Å². The lowest BCUT2D eigenvalue weighted by molar-refractivity contribution is 0.340. The van der Waals surface area contributed by atoms with E-state index in [1.165, 1.54) is 12.1 Å². The average Bonchev–Trinajstić information content (AvgIpc) is 2.56. The minimum atomic E-state index is -3.89. The van der Waals surface area contributed by atoms with Crippen LogP contribution in [0.15, 0.2) is 71.6 Å². The third-order valence-electron chi connectivity index (χ3n) is 3.37. The van der Waals surface area contributed by atoms with Crippen molar-refractivity contribution in [3.63, 3.8) is 0 Å². The number of hydrogen-bond acceptors (Lipinski definition) is 4. The van der Waals surface area contributed by atoms with Crippen LogP contribution < -0.4 is 8.92 Å². The summed E-state index contributed by atoms with van der Waals surface area (Å²) in [6.45, 7) is 2.40. The van der Waals surface area contributed by atoms with Gasteiger partial charge in [0.1, 0.15) is 10.6 Å². The molecule has 0 radical (unpaired) electrons. The van der Waals surface area contributed by atoms with Crippen molar-refractivity contribution in [3.8, 4) is 11.5 Å². The van der Waals surface area contributed by atoms with Crippen molar-refractivity contribution in [1.82, 2.24) is 0 Å². The van der Waals surface area contributed by atoms with Gasteiger partial charge < -0.3 is 8.92 Å². The molecule has 0 amide bonds. The summed E-state index contributed by atoms with van der Waals surface area (Å²) in [7, 11) is -3.89. The van der Waals surface area contributed by atoms with Gasteiger partial charge in [0.25, 0.3) is 0 Å². The van der Waals surface area contributed by atoms with Crippen molar-refractivity contribution in [1.29, 1.82) is 0 Å². The highest BCUT2D eigenvalue weighted by Gasteiger charge is 2.18. The number of hydrogen-bond donors (Lipinski definition) is 0. The fourth-order valence-electron chi connectivity index (χ4n) is 2.30. The maximum absolute atomic E-state index is 12.5. The van der Waals surface area contributed by atoms with Crippen LogP contribution in [0, 0.1) is 0 Å². The van der Waals surface area contributed by atoms with Crippen molar-refractivity contribution >= 4 is 20.9 Å². The second-order valence-electron chi connectivity index (χ2n) is 4.92. The average molecular weight is 328 g/mol. The second-order valence-corrected chi connectivity index (χ2v) is 6.47. The zero-order valence-corrected chi connectivity index (χ0v) is 13.4. The van der Waals surface area contributed by atoms with Crippen LogP contribution in [0.3, 0.4) is 0 Å². The maximum Gasteiger partial charge on any atom is 0.339 e. The monoisotopic (exact) mass is 328 g/mol. The molecular formula is C18H16O4S. The minimum Gasteiger partial charge on any atom is -0.494 e. The molecule has 0 aliphatic rings. The van der Waals surface area contributed by atoms with Gasteiger partial charge in [-0.2, -0.15) is 8.42 Å². The molecule has 0 aliphatic carbocycles. The van der Waals surface area contributed by atoms with Gasteiger partial charge in [0.05, 0.1) is 6.61 Å². The van der Waals surface area contributed by atoms with Gasteiger partial charge in [-0.05, 0) is 42.6 Å². The molecule has 0 saturated heterocycles. The van der Waals surface area contributed by atoms with E-state index in [4.69, 9.17) is 8.92 Å². The third-order valence-corrected chi connectivity index (χ3v) is 4.62. The Morgan fingerprint density at radius 2 is 1.57 bits per heavy atom. The lowest BCUT2D eigenvalue weighted by Crippen LogP contribution is -2.10. The molecular weight excluding hydrogens is 312 g/mol. The third kappa shape index (κ3) is 3.29. The van der Waals surface area contributed by atoms with Crippen LogP contribution >= 0.6 is 0 Å². The molecule has 0 aliphatic heterocycles. The van der Waals surface area contributed by atoms with Gasteiger partial charge >= 0.3 is 10.1 Å². The molecule has 0 bridgehead atoms. The zero-order valence-electron chi connectivity index (χ0n) is 12.6. The summed E-state index contributed by atoms with van der Waals surface area (Å²) in [6.07, 6.45) is 0. The molecule has 4 nitrogen and oxygen atoms in total. The number of ether oxygens (including phenoxy) is 1. The molecule has 5 heteroatoms. The van der Waals surface area contributed by atoms with Crippen molar-refractivity contribution in [2.45, 2.75) is 11.8 Å². The molecule has 3 rings (SSSR count). The van der Waals surface area contributed by atoms with E-state index in [0.29, 0.717) is 18.1 Å². The summed E-state index contributed by atoms with van der Waals surface area (Å²) in [5.74, 6) is 0.939. The van der Waals surface area contributed by atoms with Crippen molar-refractivity contribution in [3.05, 3.63) is 66.7 Å². The number of benzene rings is 3.